The van der Waals surface area contributed by atoms with Crippen molar-refractivity contribution in [1.29, 1.82) is 0 Å². The minimum absolute atomic E-state index is 0.184. The van der Waals surface area contributed by atoms with Crippen LogP contribution in [0.1, 0.15) is 168 Å². The molecule has 0 fully saturated rings. The molecule has 2 rings (SSSR count). The van der Waals surface area contributed by atoms with Gasteiger partial charge in [0.15, 0.2) is 0 Å². The standard InChI is InChI=1S/C36H58O2/c1-11-15-19-25(17-13-3)27-21-29(35(5,6)7)33(31(37)23-27)34-30(36(8,9)10)22-28(24-32(34)38)26(18-14-4)20-16-12-2/h21-26,37-38H,11-20H2,1-10H3. The molecule has 0 aliphatic rings. The molecule has 0 bridgehead atoms. The first-order valence-corrected chi connectivity index (χ1v) is 15.5. The maximum atomic E-state index is 11.7. The fraction of sp³-hybridized carbons (Fsp3) is 0.667. The number of aromatic hydroxyl groups is 2. The maximum Gasteiger partial charge on any atom is 0.124 e. The summed E-state index contributed by atoms with van der Waals surface area (Å²) in [5, 5.41) is 23.4. The minimum atomic E-state index is -0.184. The van der Waals surface area contributed by atoms with Crippen LogP contribution in [0.4, 0.5) is 0 Å². The third-order valence-corrected chi connectivity index (χ3v) is 8.18. The second-order valence-corrected chi connectivity index (χ2v) is 13.7. The van der Waals surface area contributed by atoms with Crippen LogP contribution in [0.2, 0.25) is 0 Å². The van der Waals surface area contributed by atoms with Crippen LogP contribution in [0.25, 0.3) is 11.1 Å². The molecule has 0 amide bonds. The first kappa shape index (κ1) is 32.3. The molecule has 38 heavy (non-hydrogen) atoms. The Bertz CT molecular complexity index is 936. The highest BCUT2D eigenvalue weighted by Crippen LogP contribution is 2.50. The number of hydrogen-bond acceptors (Lipinski definition) is 2. The van der Waals surface area contributed by atoms with E-state index in [9.17, 15) is 10.2 Å². The lowest BCUT2D eigenvalue weighted by molar-refractivity contribution is 0.458. The predicted octanol–water partition coefficient (Wildman–Crippen LogP) is 11.5. The molecule has 2 aromatic rings. The van der Waals surface area contributed by atoms with Crippen LogP contribution < -0.4 is 0 Å². The summed E-state index contributed by atoms with van der Waals surface area (Å²) in [6, 6.07) is 8.68. The second-order valence-electron chi connectivity index (χ2n) is 13.7. The van der Waals surface area contributed by atoms with E-state index in [0.29, 0.717) is 23.3 Å². The van der Waals surface area contributed by atoms with Crippen LogP contribution in [-0.4, -0.2) is 10.2 Å². The third kappa shape index (κ3) is 8.03. The Morgan fingerprint density at radius 1 is 0.526 bits per heavy atom. The fourth-order valence-corrected chi connectivity index (χ4v) is 6.03. The highest BCUT2D eigenvalue weighted by molar-refractivity contribution is 5.83. The van der Waals surface area contributed by atoms with E-state index in [-0.39, 0.29) is 10.8 Å². The van der Waals surface area contributed by atoms with E-state index in [1.807, 2.05) is 12.1 Å². The number of benzene rings is 2. The van der Waals surface area contributed by atoms with E-state index in [2.05, 4.69) is 81.4 Å². The molecule has 2 nitrogen and oxygen atoms in total. The molecular formula is C36H58O2. The van der Waals surface area contributed by atoms with Gasteiger partial charge in [-0.1, -0.05) is 120 Å². The normalized spacial score (nSPS) is 14.1. The number of unbranched alkanes of at least 4 members (excludes halogenated alkanes) is 2. The lowest BCUT2D eigenvalue weighted by atomic mass is 9.73. The Hall–Kier alpha value is -1.96. The minimum Gasteiger partial charge on any atom is -0.507 e. The summed E-state index contributed by atoms with van der Waals surface area (Å²) in [6.45, 7) is 22.3. The summed E-state index contributed by atoms with van der Waals surface area (Å²) in [5.74, 6) is 1.50. The zero-order chi connectivity index (χ0) is 28.7. The molecule has 0 aliphatic carbocycles. The van der Waals surface area contributed by atoms with Gasteiger partial charge in [-0.05, 0) is 82.7 Å². The third-order valence-electron chi connectivity index (χ3n) is 8.18. The van der Waals surface area contributed by atoms with Crippen molar-refractivity contribution in [3.05, 3.63) is 46.5 Å². The molecule has 0 aliphatic heterocycles. The lowest BCUT2D eigenvalue weighted by Crippen LogP contribution is -2.18. The molecule has 0 heterocycles. The number of phenols is 2. The Kier molecular flexibility index (Phi) is 11.8. The average Bonchev–Trinajstić information content (AvgIpc) is 2.82. The molecule has 2 N–H and O–H groups in total. The molecule has 0 saturated heterocycles. The number of hydrogen-bond donors (Lipinski definition) is 2. The van der Waals surface area contributed by atoms with Crippen molar-refractivity contribution in [1.82, 2.24) is 0 Å². The van der Waals surface area contributed by atoms with Gasteiger partial charge in [-0.25, -0.2) is 0 Å². The van der Waals surface area contributed by atoms with Crippen LogP contribution in [0.15, 0.2) is 24.3 Å². The van der Waals surface area contributed by atoms with Gasteiger partial charge < -0.3 is 10.2 Å². The largest absolute Gasteiger partial charge is 0.507 e. The van der Waals surface area contributed by atoms with Crippen molar-refractivity contribution in [3.63, 3.8) is 0 Å². The van der Waals surface area contributed by atoms with Crippen molar-refractivity contribution in [2.75, 3.05) is 0 Å². The number of rotatable bonds is 13. The first-order valence-electron chi connectivity index (χ1n) is 15.5. The maximum absolute atomic E-state index is 11.7. The van der Waals surface area contributed by atoms with Gasteiger partial charge in [0.2, 0.25) is 0 Å². The highest BCUT2D eigenvalue weighted by atomic mass is 16.3. The van der Waals surface area contributed by atoms with Gasteiger partial charge in [0.1, 0.15) is 11.5 Å². The first-order chi connectivity index (χ1) is 17.8. The van der Waals surface area contributed by atoms with Crippen LogP contribution in [-0.2, 0) is 10.8 Å². The molecule has 0 spiro atoms. The van der Waals surface area contributed by atoms with Gasteiger partial charge in [-0.3, -0.25) is 0 Å². The summed E-state index contributed by atoms with van der Waals surface area (Å²) >= 11 is 0. The molecular weight excluding hydrogens is 464 g/mol. The van der Waals surface area contributed by atoms with Crippen molar-refractivity contribution >= 4 is 0 Å². The van der Waals surface area contributed by atoms with E-state index in [1.54, 1.807) is 0 Å². The van der Waals surface area contributed by atoms with Gasteiger partial charge >= 0.3 is 0 Å². The van der Waals surface area contributed by atoms with Crippen molar-refractivity contribution in [3.8, 4) is 22.6 Å². The molecule has 2 unspecified atom stereocenters. The molecule has 2 heteroatoms. The van der Waals surface area contributed by atoms with Gasteiger partial charge in [0.05, 0.1) is 0 Å². The Morgan fingerprint density at radius 3 is 1.13 bits per heavy atom. The zero-order valence-corrected chi connectivity index (χ0v) is 26.4. The Labute approximate surface area is 235 Å². The summed E-state index contributed by atoms with van der Waals surface area (Å²) in [4.78, 5) is 0. The van der Waals surface area contributed by atoms with Crippen molar-refractivity contribution in [2.24, 2.45) is 0 Å². The van der Waals surface area contributed by atoms with E-state index in [4.69, 9.17) is 0 Å². The molecule has 0 saturated carbocycles. The van der Waals surface area contributed by atoms with E-state index in [1.165, 1.54) is 36.8 Å². The highest BCUT2D eigenvalue weighted by Gasteiger charge is 2.31. The molecule has 0 aromatic heterocycles. The predicted molar refractivity (Wildman–Crippen MR) is 167 cm³/mol. The van der Waals surface area contributed by atoms with E-state index < -0.39 is 0 Å². The fourth-order valence-electron chi connectivity index (χ4n) is 6.03. The molecule has 2 aromatic carbocycles. The topological polar surface area (TPSA) is 40.5 Å². The lowest BCUT2D eigenvalue weighted by Gasteiger charge is -2.31. The quantitative estimate of drug-likeness (QED) is 0.274. The summed E-state index contributed by atoms with van der Waals surface area (Å²) < 4.78 is 0. The molecule has 214 valence electrons. The monoisotopic (exact) mass is 522 g/mol. The van der Waals surface area contributed by atoms with Crippen LogP contribution in [0.3, 0.4) is 0 Å². The van der Waals surface area contributed by atoms with Gasteiger partial charge in [0, 0.05) is 11.1 Å². The average molecular weight is 523 g/mol. The van der Waals surface area contributed by atoms with Crippen molar-refractivity contribution in [2.45, 2.75) is 156 Å². The molecule has 0 radical (unpaired) electrons. The van der Waals surface area contributed by atoms with Gasteiger partial charge in [-0.2, -0.15) is 0 Å². The summed E-state index contributed by atoms with van der Waals surface area (Å²) in [7, 11) is 0. The van der Waals surface area contributed by atoms with Crippen LogP contribution in [0, 0.1) is 0 Å². The van der Waals surface area contributed by atoms with E-state index >= 15 is 0 Å². The summed E-state index contributed by atoms with van der Waals surface area (Å²) in [6.07, 6.45) is 11.6. The SMILES string of the molecule is CCCCC(CCC)c1cc(O)c(-c2c(O)cc(C(CCC)CCCC)cc2C(C)(C)C)c(C(C)(C)C)c1. The van der Waals surface area contributed by atoms with E-state index in [0.717, 1.165) is 60.8 Å². The second kappa shape index (κ2) is 13.9. The zero-order valence-electron chi connectivity index (χ0n) is 26.4. The van der Waals surface area contributed by atoms with Crippen LogP contribution in [0.5, 0.6) is 11.5 Å². The van der Waals surface area contributed by atoms with Crippen molar-refractivity contribution < 1.29 is 10.2 Å². The van der Waals surface area contributed by atoms with Gasteiger partial charge in [0.25, 0.3) is 0 Å². The summed E-state index contributed by atoms with van der Waals surface area (Å²) in [5.41, 5.74) is 5.96. The smallest absolute Gasteiger partial charge is 0.124 e. The Balaban J connectivity index is 2.85. The van der Waals surface area contributed by atoms with Gasteiger partial charge in [-0.15, -0.1) is 0 Å². The number of phenolic OH excluding ortho intramolecular Hbond substituents is 2. The Morgan fingerprint density at radius 2 is 0.868 bits per heavy atom. The van der Waals surface area contributed by atoms with Crippen LogP contribution >= 0.6 is 0 Å². The molecule has 2 atom stereocenters.